The third-order valence-corrected chi connectivity index (χ3v) is 4.19. The molecule has 9 heteroatoms. The van der Waals surface area contributed by atoms with Crippen LogP contribution in [0.25, 0.3) is 0 Å². The Morgan fingerprint density at radius 1 is 1.17 bits per heavy atom. The van der Waals surface area contributed by atoms with Gasteiger partial charge in [-0.25, -0.2) is 12.8 Å². The Balaban J connectivity index is 2.42. The van der Waals surface area contributed by atoms with Crippen molar-refractivity contribution in [3.63, 3.8) is 0 Å². The van der Waals surface area contributed by atoms with Gasteiger partial charge < -0.3 is 10.6 Å². The van der Waals surface area contributed by atoms with Gasteiger partial charge in [-0.15, -0.1) is 0 Å². The summed E-state index contributed by atoms with van der Waals surface area (Å²) in [5.41, 5.74) is 0.531. The minimum absolute atomic E-state index is 0.120. The molecule has 0 unspecified atom stereocenters. The molecule has 0 bridgehead atoms. The number of nitrogens with one attached hydrogen (secondary N) is 3. The van der Waals surface area contributed by atoms with E-state index in [1.165, 1.54) is 12.1 Å². The number of carbonyl (C=O) groups excluding carboxylic acids is 2. The van der Waals surface area contributed by atoms with E-state index in [0.717, 1.165) is 6.07 Å². The first-order valence-electron chi connectivity index (χ1n) is 7.03. The van der Waals surface area contributed by atoms with Crippen LogP contribution in [0.1, 0.15) is 18.9 Å². The Morgan fingerprint density at radius 2 is 1.87 bits per heavy atom. The van der Waals surface area contributed by atoms with Gasteiger partial charge in [0, 0.05) is 13.0 Å². The van der Waals surface area contributed by atoms with E-state index in [1.54, 1.807) is 13.8 Å². The molecule has 0 atom stereocenters. The van der Waals surface area contributed by atoms with Crippen molar-refractivity contribution in [2.45, 2.75) is 20.3 Å². The summed E-state index contributed by atoms with van der Waals surface area (Å²) in [5.74, 6) is -1.62. The maximum absolute atomic E-state index is 13.4. The predicted octanol–water partition coefficient (Wildman–Crippen LogP) is 0.518. The van der Waals surface area contributed by atoms with E-state index in [2.05, 4.69) is 15.4 Å². The van der Waals surface area contributed by atoms with Gasteiger partial charge in [-0.2, -0.15) is 0 Å². The molecule has 0 aliphatic carbocycles. The number of rotatable bonds is 8. The van der Waals surface area contributed by atoms with Crippen molar-refractivity contribution in [1.82, 2.24) is 10.6 Å². The van der Waals surface area contributed by atoms with Gasteiger partial charge in [0.1, 0.15) is 5.82 Å². The number of benzene rings is 1. The van der Waals surface area contributed by atoms with Gasteiger partial charge in [0.25, 0.3) is 0 Å². The van der Waals surface area contributed by atoms with E-state index in [9.17, 15) is 22.4 Å². The zero-order chi connectivity index (χ0) is 17.5. The maximum Gasteiger partial charge on any atom is 0.239 e. The Morgan fingerprint density at radius 3 is 2.48 bits per heavy atom. The molecule has 0 heterocycles. The number of halogens is 1. The predicted molar refractivity (Wildman–Crippen MR) is 84.9 cm³/mol. The minimum atomic E-state index is -3.71. The second kappa shape index (κ2) is 8.47. The molecule has 7 nitrogen and oxygen atoms in total. The lowest BCUT2D eigenvalue weighted by Gasteiger charge is -2.10. The molecule has 23 heavy (non-hydrogen) atoms. The molecule has 3 N–H and O–H groups in total. The van der Waals surface area contributed by atoms with Gasteiger partial charge in [-0.3, -0.25) is 14.3 Å². The molecule has 1 aromatic rings. The van der Waals surface area contributed by atoms with Crippen LogP contribution in [-0.2, 0) is 19.6 Å². The fraction of sp³-hybridized carbons (Fsp3) is 0.429. The SMILES string of the molecule is CCC(=O)NCC(=O)NCCS(=O)(=O)Nc1ccc(C)c(F)c1. The summed E-state index contributed by atoms with van der Waals surface area (Å²) in [6.07, 6.45) is 0.263. The first-order valence-corrected chi connectivity index (χ1v) is 8.68. The molecular weight excluding hydrogens is 325 g/mol. The number of carbonyl (C=O) groups is 2. The molecule has 0 radical (unpaired) electrons. The molecule has 0 spiro atoms. The van der Waals surface area contributed by atoms with Crippen molar-refractivity contribution < 1.29 is 22.4 Å². The zero-order valence-corrected chi connectivity index (χ0v) is 13.8. The van der Waals surface area contributed by atoms with Crippen molar-refractivity contribution in [2.24, 2.45) is 0 Å². The molecule has 1 rings (SSSR count). The quantitative estimate of drug-likeness (QED) is 0.639. The molecule has 128 valence electrons. The standard InChI is InChI=1S/C14H20FN3O4S/c1-3-13(19)17-9-14(20)16-6-7-23(21,22)18-11-5-4-10(2)12(15)8-11/h4-5,8,18H,3,6-7,9H2,1-2H3,(H,16,20)(H,17,19). The van der Waals surface area contributed by atoms with Crippen LogP contribution in [0.15, 0.2) is 18.2 Å². The second-order valence-corrected chi connectivity index (χ2v) is 6.71. The van der Waals surface area contributed by atoms with Crippen LogP contribution in [0.4, 0.5) is 10.1 Å². The summed E-state index contributed by atoms with van der Waals surface area (Å²) in [6, 6.07) is 4.01. The lowest BCUT2D eigenvalue weighted by molar-refractivity contribution is -0.125. The average molecular weight is 345 g/mol. The first kappa shape index (κ1) is 18.9. The fourth-order valence-corrected chi connectivity index (χ4v) is 2.54. The number of hydrogen-bond donors (Lipinski definition) is 3. The largest absolute Gasteiger partial charge is 0.353 e. The number of hydrogen-bond acceptors (Lipinski definition) is 4. The highest BCUT2D eigenvalue weighted by atomic mass is 32.2. The fourth-order valence-electron chi connectivity index (χ4n) is 1.58. The highest BCUT2D eigenvalue weighted by Gasteiger charge is 2.12. The van der Waals surface area contributed by atoms with Crippen LogP contribution in [0.3, 0.4) is 0 Å². The van der Waals surface area contributed by atoms with Crippen molar-refractivity contribution in [3.8, 4) is 0 Å². The van der Waals surface area contributed by atoms with Gasteiger partial charge in [0.05, 0.1) is 18.0 Å². The molecule has 1 aromatic carbocycles. The number of sulfonamides is 1. The Kier molecular flexibility index (Phi) is 6.95. The topological polar surface area (TPSA) is 104 Å². The highest BCUT2D eigenvalue weighted by molar-refractivity contribution is 7.92. The number of anilines is 1. The normalized spacial score (nSPS) is 10.9. The smallest absolute Gasteiger partial charge is 0.239 e. The lowest BCUT2D eigenvalue weighted by atomic mass is 10.2. The third-order valence-electron chi connectivity index (χ3n) is 2.91. The van der Waals surface area contributed by atoms with Gasteiger partial charge in [0.15, 0.2) is 0 Å². The highest BCUT2D eigenvalue weighted by Crippen LogP contribution is 2.14. The Bertz CT molecular complexity index is 677. The third kappa shape index (κ3) is 7.09. The molecule has 0 saturated carbocycles. The molecule has 2 amide bonds. The molecule has 0 aliphatic heterocycles. The Labute approximate surface area is 134 Å². The van der Waals surface area contributed by atoms with Crippen LogP contribution in [0.5, 0.6) is 0 Å². The molecule has 0 saturated heterocycles. The summed E-state index contributed by atoms with van der Waals surface area (Å²) >= 11 is 0. The Hall–Kier alpha value is -2.16. The molecule has 0 aliphatic rings. The van der Waals surface area contributed by atoms with Gasteiger partial charge in [-0.1, -0.05) is 13.0 Å². The van der Waals surface area contributed by atoms with E-state index < -0.39 is 21.7 Å². The van der Waals surface area contributed by atoms with E-state index in [1.807, 2.05) is 0 Å². The number of amides is 2. The minimum Gasteiger partial charge on any atom is -0.353 e. The van der Waals surface area contributed by atoms with Crippen LogP contribution >= 0.6 is 0 Å². The van der Waals surface area contributed by atoms with Crippen molar-refractivity contribution in [3.05, 3.63) is 29.6 Å². The summed E-state index contributed by atoms with van der Waals surface area (Å²) in [6.45, 7) is 2.90. The van der Waals surface area contributed by atoms with Crippen LogP contribution in [-0.4, -0.2) is 39.1 Å². The first-order chi connectivity index (χ1) is 10.7. The van der Waals surface area contributed by atoms with E-state index >= 15 is 0 Å². The summed E-state index contributed by atoms with van der Waals surface area (Å²) in [5, 5.41) is 4.75. The van der Waals surface area contributed by atoms with E-state index in [-0.39, 0.29) is 36.9 Å². The van der Waals surface area contributed by atoms with E-state index in [0.29, 0.717) is 5.56 Å². The van der Waals surface area contributed by atoms with Crippen LogP contribution < -0.4 is 15.4 Å². The van der Waals surface area contributed by atoms with Crippen LogP contribution in [0, 0.1) is 12.7 Å². The maximum atomic E-state index is 13.4. The summed E-state index contributed by atoms with van der Waals surface area (Å²) in [4.78, 5) is 22.4. The molecular formula is C14H20FN3O4S. The lowest BCUT2D eigenvalue weighted by Crippen LogP contribution is -2.39. The average Bonchev–Trinajstić information content (AvgIpc) is 2.48. The van der Waals surface area contributed by atoms with Crippen molar-refractivity contribution in [1.29, 1.82) is 0 Å². The number of aryl methyl sites for hydroxylation is 1. The summed E-state index contributed by atoms with van der Waals surface area (Å²) in [7, 11) is -3.71. The van der Waals surface area contributed by atoms with Gasteiger partial charge in [-0.05, 0) is 24.6 Å². The van der Waals surface area contributed by atoms with Crippen molar-refractivity contribution >= 4 is 27.5 Å². The van der Waals surface area contributed by atoms with Crippen LogP contribution in [0.2, 0.25) is 0 Å². The second-order valence-electron chi connectivity index (χ2n) is 4.87. The van der Waals surface area contributed by atoms with E-state index in [4.69, 9.17) is 0 Å². The molecule has 0 aromatic heterocycles. The monoisotopic (exact) mass is 345 g/mol. The zero-order valence-electron chi connectivity index (χ0n) is 13.0. The van der Waals surface area contributed by atoms with Gasteiger partial charge >= 0.3 is 0 Å². The summed E-state index contributed by atoms with van der Waals surface area (Å²) < 4.78 is 39.3. The van der Waals surface area contributed by atoms with Crippen molar-refractivity contribution in [2.75, 3.05) is 23.6 Å². The molecule has 0 fully saturated rings. The van der Waals surface area contributed by atoms with Gasteiger partial charge in [0.2, 0.25) is 21.8 Å².